The van der Waals surface area contributed by atoms with Crippen LogP contribution in [0.25, 0.3) is 0 Å². The fourth-order valence-electron chi connectivity index (χ4n) is 1.68. The van der Waals surface area contributed by atoms with Crippen LogP contribution in [0.15, 0.2) is 0 Å². The summed E-state index contributed by atoms with van der Waals surface area (Å²) in [6, 6.07) is 0. The van der Waals surface area contributed by atoms with E-state index in [1.54, 1.807) is 0 Å². The topological polar surface area (TPSA) is 111 Å². The molecule has 0 rings (SSSR count). The normalized spacial score (nSPS) is 9.50. The predicted molar refractivity (Wildman–Crippen MR) is 83.6 cm³/mol. The summed E-state index contributed by atoms with van der Waals surface area (Å²) in [5, 5.41) is 14.3. The van der Waals surface area contributed by atoms with Crippen LogP contribution in [0.2, 0.25) is 0 Å². The van der Waals surface area contributed by atoms with Crippen molar-refractivity contribution < 1.29 is 9.90 Å². The van der Waals surface area contributed by atoms with Gasteiger partial charge in [-0.25, -0.2) is 5.43 Å². The summed E-state index contributed by atoms with van der Waals surface area (Å²) in [6.07, 6.45) is 12.0. The molecule has 0 aliphatic carbocycles. The van der Waals surface area contributed by atoms with Gasteiger partial charge < -0.3 is 10.8 Å². The number of carboxylic acid groups (broad SMARTS) is 1. The lowest BCUT2D eigenvalue weighted by molar-refractivity contribution is -0.134. The Morgan fingerprint density at radius 3 is 1.85 bits per heavy atom. The monoisotopic (exact) mass is 288 g/mol. The Morgan fingerprint density at radius 2 is 1.45 bits per heavy atom. The Kier molecular flexibility index (Phi) is 18.6. The zero-order valence-corrected chi connectivity index (χ0v) is 13.0. The van der Waals surface area contributed by atoms with Crippen LogP contribution >= 0.6 is 0 Å². The van der Waals surface area contributed by atoms with E-state index in [0.717, 1.165) is 19.9 Å². The zero-order chi connectivity index (χ0) is 15.6. The Bertz CT molecular complexity index is 231. The number of hydrogen-bond acceptors (Lipinski definition) is 3. The molecule has 0 spiro atoms. The first-order valence-electron chi connectivity index (χ1n) is 7.53. The molecule has 20 heavy (non-hydrogen) atoms. The standard InChI is InChI=1S/C12H28N4.C2H4O2/c1-2-3-4-5-6-7-8-9-10-11-15-16-12(13)14;1-2(3)4/h15H,2-11H2,1H3,(H4,13,14,16);1H3,(H,3,4). The molecule has 6 N–H and O–H groups in total. The van der Waals surface area contributed by atoms with E-state index in [-0.39, 0.29) is 5.96 Å². The largest absolute Gasteiger partial charge is 0.481 e. The van der Waals surface area contributed by atoms with Gasteiger partial charge in [0.1, 0.15) is 0 Å². The summed E-state index contributed by atoms with van der Waals surface area (Å²) >= 11 is 0. The molecule has 6 heteroatoms. The first-order chi connectivity index (χ1) is 9.50. The minimum Gasteiger partial charge on any atom is -0.481 e. The van der Waals surface area contributed by atoms with Crippen molar-refractivity contribution in [1.82, 2.24) is 10.9 Å². The number of hydrazine groups is 1. The molecule has 0 aromatic heterocycles. The number of carbonyl (C=O) groups is 1. The maximum absolute atomic E-state index is 9.00. The second-order valence-electron chi connectivity index (χ2n) is 4.81. The lowest BCUT2D eigenvalue weighted by Gasteiger charge is -2.05. The summed E-state index contributed by atoms with van der Waals surface area (Å²) < 4.78 is 0. The molecule has 0 heterocycles. The van der Waals surface area contributed by atoms with E-state index in [4.69, 9.17) is 21.0 Å². The van der Waals surface area contributed by atoms with Crippen molar-refractivity contribution in [3.8, 4) is 0 Å². The van der Waals surface area contributed by atoms with Crippen LogP contribution in [0.3, 0.4) is 0 Å². The third-order valence-electron chi connectivity index (χ3n) is 2.63. The summed E-state index contributed by atoms with van der Waals surface area (Å²) in [6.45, 7) is 4.22. The van der Waals surface area contributed by atoms with Crippen LogP contribution in [0, 0.1) is 5.41 Å². The van der Waals surface area contributed by atoms with Crippen LogP contribution in [-0.4, -0.2) is 23.6 Å². The van der Waals surface area contributed by atoms with Gasteiger partial charge in [-0.3, -0.25) is 15.6 Å². The van der Waals surface area contributed by atoms with Gasteiger partial charge in [0.25, 0.3) is 5.97 Å². The summed E-state index contributed by atoms with van der Waals surface area (Å²) in [5.41, 5.74) is 10.6. The van der Waals surface area contributed by atoms with E-state index < -0.39 is 5.97 Å². The molecule has 0 radical (unpaired) electrons. The molecule has 0 aromatic carbocycles. The van der Waals surface area contributed by atoms with Crippen LogP contribution in [0.5, 0.6) is 0 Å². The van der Waals surface area contributed by atoms with Gasteiger partial charge in [-0.2, -0.15) is 0 Å². The second-order valence-corrected chi connectivity index (χ2v) is 4.81. The lowest BCUT2D eigenvalue weighted by atomic mass is 10.1. The van der Waals surface area contributed by atoms with Gasteiger partial charge in [0.15, 0.2) is 5.96 Å². The molecule has 0 fully saturated rings. The fraction of sp³-hybridized carbons (Fsp3) is 0.857. The van der Waals surface area contributed by atoms with Crippen LogP contribution in [-0.2, 0) is 4.79 Å². The molecule has 0 bridgehead atoms. The van der Waals surface area contributed by atoms with Gasteiger partial charge in [-0.15, -0.1) is 0 Å². The first kappa shape index (κ1) is 21.0. The highest BCUT2D eigenvalue weighted by Gasteiger charge is 1.92. The Labute approximate surface area is 123 Å². The molecule has 0 aliphatic rings. The molecule has 0 saturated heterocycles. The summed E-state index contributed by atoms with van der Waals surface area (Å²) in [4.78, 5) is 9.00. The van der Waals surface area contributed by atoms with Crippen molar-refractivity contribution in [2.24, 2.45) is 5.73 Å². The van der Waals surface area contributed by atoms with E-state index in [2.05, 4.69) is 17.8 Å². The SMILES string of the molecule is CC(=O)O.CCCCCCCCCCCNNC(=N)N. The Balaban J connectivity index is 0. The number of nitrogens with one attached hydrogen (secondary N) is 3. The average molecular weight is 288 g/mol. The van der Waals surface area contributed by atoms with Gasteiger partial charge in [0.05, 0.1) is 0 Å². The molecule has 0 atom stereocenters. The van der Waals surface area contributed by atoms with Gasteiger partial charge in [0, 0.05) is 13.5 Å². The number of rotatable bonds is 11. The molecule has 6 nitrogen and oxygen atoms in total. The smallest absolute Gasteiger partial charge is 0.300 e. The van der Waals surface area contributed by atoms with Crippen LogP contribution in [0.4, 0.5) is 0 Å². The highest BCUT2D eigenvalue weighted by Crippen LogP contribution is 2.08. The first-order valence-corrected chi connectivity index (χ1v) is 7.53. The average Bonchev–Trinajstić information content (AvgIpc) is 2.35. The molecule has 0 aromatic rings. The fourth-order valence-corrected chi connectivity index (χ4v) is 1.68. The quantitative estimate of drug-likeness (QED) is 0.174. The summed E-state index contributed by atoms with van der Waals surface area (Å²) in [5.74, 6) is -0.851. The highest BCUT2D eigenvalue weighted by atomic mass is 16.4. The van der Waals surface area contributed by atoms with Crippen molar-refractivity contribution in [3.05, 3.63) is 0 Å². The minimum atomic E-state index is -0.833. The summed E-state index contributed by atoms with van der Waals surface area (Å²) in [7, 11) is 0. The number of unbranched alkanes of at least 4 members (excludes halogenated alkanes) is 8. The number of carboxylic acids is 1. The van der Waals surface area contributed by atoms with Gasteiger partial charge in [-0.05, 0) is 6.42 Å². The van der Waals surface area contributed by atoms with Crippen molar-refractivity contribution in [2.45, 2.75) is 71.6 Å². The number of aliphatic carboxylic acids is 1. The van der Waals surface area contributed by atoms with E-state index in [1.165, 1.54) is 51.4 Å². The van der Waals surface area contributed by atoms with Gasteiger partial charge in [0.2, 0.25) is 0 Å². The maximum Gasteiger partial charge on any atom is 0.300 e. The van der Waals surface area contributed by atoms with Crippen molar-refractivity contribution in [2.75, 3.05) is 6.54 Å². The van der Waals surface area contributed by atoms with Gasteiger partial charge >= 0.3 is 0 Å². The second kappa shape index (κ2) is 17.7. The van der Waals surface area contributed by atoms with E-state index >= 15 is 0 Å². The Hall–Kier alpha value is -1.30. The molecular weight excluding hydrogens is 256 g/mol. The molecular formula is C14H32N4O2. The third-order valence-corrected chi connectivity index (χ3v) is 2.63. The minimum absolute atomic E-state index is 0.0177. The van der Waals surface area contributed by atoms with Crippen molar-refractivity contribution >= 4 is 11.9 Å². The van der Waals surface area contributed by atoms with Gasteiger partial charge in [-0.1, -0.05) is 58.3 Å². The van der Waals surface area contributed by atoms with Crippen LogP contribution in [0.1, 0.15) is 71.6 Å². The Morgan fingerprint density at radius 1 is 1.05 bits per heavy atom. The van der Waals surface area contributed by atoms with Crippen molar-refractivity contribution in [3.63, 3.8) is 0 Å². The predicted octanol–water partition coefficient (Wildman–Crippen LogP) is 2.60. The van der Waals surface area contributed by atoms with E-state index in [9.17, 15) is 0 Å². The molecule has 0 saturated carbocycles. The molecule has 0 amide bonds. The number of nitrogens with two attached hydrogens (primary N) is 1. The van der Waals surface area contributed by atoms with Crippen LogP contribution < -0.4 is 16.6 Å². The highest BCUT2D eigenvalue weighted by molar-refractivity contribution is 5.73. The zero-order valence-electron chi connectivity index (χ0n) is 13.0. The molecule has 0 unspecified atom stereocenters. The van der Waals surface area contributed by atoms with E-state index in [1.807, 2.05) is 0 Å². The maximum atomic E-state index is 9.00. The molecule has 0 aliphatic heterocycles. The molecule has 120 valence electrons. The lowest BCUT2D eigenvalue weighted by Crippen LogP contribution is -2.41. The van der Waals surface area contributed by atoms with Crippen molar-refractivity contribution in [1.29, 1.82) is 5.41 Å². The van der Waals surface area contributed by atoms with E-state index in [0.29, 0.717) is 0 Å². The third kappa shape index (κ3) is 30.1. The number of guanidine groups is 1. The number of hydrogen-bond donors (Lipinski definition) is 5.